The van der Waals surface area contributed by atoms with Gasteiger partial charge in [0.2, 0.25) is 5.16 Å². The van der Waals surface area contributed by atoms with Crippen LogP contribution in [0.2, 0.25) is 0 Å². The molecule has 1 heterocycles. The Morgan fingerprint density at radius 1 is 1.00 bits per heavy atom. The summed E-state index contributed by atoms with van der Waals surface area (Å²) in [4.78, 5) is 0. The molecule has 3 rings (SSSR count). The Labute approximate surface area is 138 Å². The standard InChI is InChI=1S/C16H16N4O2S/c1-21-14-9-5-6-10-15(14)22-11-12-23-16-17-18-19-20(16)13-7-3-2-4-8-13/h2-10H,11-12H2,1H3. The van der Waals surface area contributed by atoms with Crippen LogP contribution in [-0.4, -0.2) is 39.7 Å². The number of nitrogens with zero attached hydrogens (tertiary/aromatic N) is 4. The first-order valence-corrected chi connectivity index (χ1v) is 8.09. The van der Waals surface area contributed by atoms with Crippen molar-refractivity contribution in [3.63, 3.8) is 0 Å². The highest BCUT2D eigenvalue weighted by Crippen LogP contribution is 2.26. The second kappa shape index (κ2) is 7.64. The fourth-order valence-corrected chi connectivity index (χ4v) is 2.73. The summed E-state index contributed by atoms with van der Waals surface area (Å²) >= 11 is 1.54. The molecule has 2 aromatic carbocycles. The van der Waals surface area contributed by atoms with Gasteiger partial charge in [-0.1, -0.05) is 42.1 Å². The molecule has 0 aliphatic carbocycles. The van der Waals surface area contributed by atoms with Gasteiger partial charge >= 0.3 is 0 Å². The Bertz CT molecular complexity index is 749. The third kappa shape index (κ3) is 3.81. The monoisotopic (exact) mass is 328 g/mol. The minimum atomic E-state index is 0.534. The number of thioether (sulfide) groups is 1. The first-order valence-electron chi connectivity index (χ1n) is 7.11. The summed E-state index contributed by atoms with van der Waals surface area (Å²) in [7, 11) is 1.63. The minimum absolute atomic E-state index is 0.534. The number of aromatic nitrogens is 4. The van der Waals surface area contributed by atoms with Crippen molar-refractivity contribution < 1.29 is 9.47 Å². The zero-order valence-corrected chi connectivity index (χ0v) is 13.4. The summed E-state index contributed by atoms with van der Waals surface area (Å²) in [6, 6.07) is 17.4. The summed E-state index contributed by atoms with van der Waals surface area (Å²) in [6.07, 6.45) is 0. The highest BCUT2D eigenvalue weighted by Gasteiger charge is 2.09. The summed E-state index contributed by atoms with van der Waals surface area (Å²) in [5.41, 5.74) is 0.936. The van der Waals surface area contributed by atoms with E-state index >= 15 is 0 Å². The van der Waals surface area contributed by atoms with Crippen molar-refractivity contribution in [2.75, 3.05) is 19.5 Å². The van der Waals surface area contributed by atoms with Crippen molar-refractivity contribution in [1.82, 2.24) is 20.2 Å². The summed E-state index contributed by atoms with van der Waals surface area (Å²) in [5.74, 6) is 2.19. The van der Waals surface area contributed by atoms with E-state index in [-0.39, 0.29) is 0 Å². The van der Waals surface area contributed by atoms with Crippen LogP contribution in [0.3, 0.4) is 0 Å². The van der Waals surface area contributed by atoms with Crippen molar-refractivity contribution in [3.05, 3.63) is 54.6 Å². The first kappa shape index (κ1) is 15.4. The van der Waals surface area contributed by atoms with Crippen LogP contribution in [-0.2, 0) is 0 Å². The molecule has 0 fully saturated rings. The molecule has 6 nitrogen and oxygen atoms in total. The van der Waals surface area contributed by atoms with Crippen LogP contribution in [0.5, 0.6) is 11.5 Å². The third-order valence-electron chi connectivity index (χ3n) is 3.08. The normalized spacial score (nSPS) is 10.5. The molecule has 0 bridgehead atoms. The van der Waals surface area contributed by atoms with Gasteiger partial charge in [-0.2, -0.15) is 4.68 Å². The molecule has 118 valence electrons. The Morgan fingerprint density at radius 2 is 1.74 bits per heavy atom. The van der Waals surface area contributed by atoms with Gasteiger partial charge in [-0.15, -0.1) is 5.10 Å². The van der Waals surface area contributed by atoms with Gasteiger partial charge in [0.1, 0.15) is 0 Å². The first-order chi connectivity index (χ1) is 11.4. The second-order valence-corrected chi connectivity index (χ2v) is 5.62. The van der Waals surface area contributed by atoms with Crippen molar-refractivity contribution in [1.29, 1.82) is 0 Å². The van der Waals surface area contributed by atoms with Gasteiger partial charge in [0.25, 0.3) is 0 Å². The van der Waals surface area contributed by atoms with Gasteiger partial charge in [-0.25, -0.2) is 0 Å². The summed E-state index contributed by atoms with van der Waals surface area (Å²) in [6.45, 7) is 0.534. The van der Waals surface area contributed by atoms with E-state index in [4.69, 9.17) is 9.47 Å². The molecule has 23 heavy (non-hydrogen) atoms. The predicted octanol–water partition coefficient (Wildman–Crippen LogP) is 2.84. The maximum Gasteiger partial charge on any atom is 0.214 e. The predicted molar refractivity (Wildman–Crippen MR) is 88.4 cm³/mol. The van der Waals surface area contributed by atoms with Crippen LogP contribution in [0, 0.1) is 0 Å². The molecular formula is C16H16N4O2S. The van der Waals surface area contributed by atoms with Crippen molar-refractivity contribution in [2.45, 2.75) is 5.16 Å². The molecule has 0 radical (unpaired) electrons. The largest absolute Gasteiger partial charge is 0.493 e. The van der Waals surface area contributed by atoms with E-state index in [1.807, 2.05) is 54.6 Å². The van der Waals surface area contributed by atoms with Crippen LogP contribution in [0.25, 0.3) is 5.69 Å². The molecule has 0 atom stereocenters. The van der Waals surface area contributed by atoms with Crippen molar-refractivity contribution >= 4 is 11.8 Å². The zero-order chi connectivity index (χ0) is 15.9. The van der Waals surface area contributed by atoms with E-state index in [1.165, 1.54) is 0 Å². The lowest BCUT2D eigenvalue weighted by atomic mass is 10.3. The SMILES string of the molecule is COc1ccccc1OCCSc1nnnn1-c1ccccc1. The Morgan fingerprint density at radius 3 is 2.52 bits per heavy atom. The third-order valence-corrected chi connectivity index (χ3v) is 3.97. The van der Waals surface area contributed by atoms with E-state index < -0.39 is 0 Å². The number of benzene rings is 2. The molecule has 3 aromatic rings. The van der Waals surface area contributed by atoms with Gasteiger partial charge in [0.05, 0.1) is 19.4 Å². The Kier molecular flexibility index (Phi) is 5.10. The number of tetrazole rings is 1. The van der Waals surface area contributed by atoms with Gasteiger partial charge in [-0.3, -0.25) is 0 Å². The molecule has 0 aliphatic rings. The van der Waals surface area contributed by atoms with Crippen LogP contribution in [0.4, 0.5) is 0 Å². The molecule has 7 heteroatoms. The number of hydrogen-bond donors (Lipinski definition) is 0. The molecule has 0 unspecified atom stereocenters. The van der Waals surface area contributed by atoms with Gasteiger partial charge in [-0.05, 0) is 34.7 Å². The van der Waals surface area contributed by atoms with E-state index in [1.54, 1.807) is 23.6 Å². The lowest BCUT2D eigenvalue weighted by molar-refractivity contribution is 0.313. The number of hydrogen-bond acceptors (Lipinski definition) is 6. The molecule has 1 aromatic heterocycles. The maximum atomic E-state index is 5.75. The Hall–Kier alpha value is -2.54. The van der Waals surface area contributed by atoms with Crippen LogP contribution in [0.15, 0.2) is 59.8 Å². The second-order valence-electron chi connectivity index (χ2n) is 4.56. The smallest absolute Gasteiger partial charge is 0.214 e. The van der Waals surface area contributed by atoms with Crippen LogP contribution >= 0.6 is 11.8 Å². The van der Waals surface area contributed by atoms with Crippen molar-refractivity contribution in [3.8, 4) is 17.2 Å². The van der Waals surface area contributed by atoms with E-state index in [9.17, 15) is 0 Å². The fraction of sp³-hybridized carbons (Fsp3) is 0.188. The van der Waals surface area contributed by atoms with E-state index in [0.29, 0.717) is 6.61 Å². The quantitative estimate of drug-likeness (QED) is 0.491. The minimum Gasteiger partial charge on any atom is -0.493 e. The lowest BCUT2D eigenvalue weighted by Crippen LogP contribution is -2.04. The zero-order valence-electron chi connectivity index (χ0n) is 12.6. The van der Waals surface area contributed by atoms with E-state index in [0.717, 1.165) is 28.1 Å². The molecule has 0 saturated carbocycles. The fourth-order valence-electron chi connectivity index (χ4n) is 2.02. The lowest BCUT2D eigenvalue weighted by Gasteiger charge is -2.09. The topological polar surface area (TPSA) is 62.1 Å². The highest BCUT2D eigenvalue weighted by molar-refractivity contribution is 7.99. The average molecular weight is 328 g/mol. The maximum absolute atomic E-state index is 5.75. The molecule has 0 N–H and O–H groups in total. The number of ether oxygens (including phenoxy) is 2. The van der Waals surface area contributed by atoms with Crippen LogP contribution < -0.4 is 9.47 Å². The number of methoxy groups -OCH3 is 1. The molecule has 0 saturated heterocycles. The molecule has 0 aliphatic heterocycles. The number of para-hydroxylation sites is 3. The molecular weight excluding hydrogens is 312 g/mol. The van der Waals surface area contributed by atoms with Gasteiger partial charge in [0.15, 0.2) is 11.5 Å². The van der Waals surface area contributed by atoms with Crippen molar-refractivity contribution in [2.24, 2.45) is 0 Å². The van der Waals surface area contributed by atoms with Crippen LogP contribution in [0.1, 0.15) is 0 Å². The number of rotatable bonds is 7. The summed E-state index contributed by atoms with van der Waals surface area (Å²) in [5, 5.41) is 12.6. The Balaban J connectivity index is 1.57. The average Bonchev–Trinajstić information content (AvgIpc) is 3.08. The van der Waals surface area contributed by atoms with E-state index in [2.05, 4.69) is 15.5 Å². The molecule has 0 amide bonds. The van der Waals surface area contributed by atoms with Gasteiger partial charge < -0.3 is 9.47 Å². The highest BCUT2D eigenvalue weighted by atomic mass is 32.2. The van der Waals surface area contributed by atoms with Gasteiger partial charge in [0, 0.05) is 5.75 Å². The summed E-state index contributed by atoms with van der Waals surface area (Å²) < 4.78 is 12.7. The molecule has 0 spiro atoms.